The fourth-order valence-electron chi connectivity index (χ4n) is 2.45. The molecule has 0 aromatic heterocycles. The van der Waals surface area contributed by atoms with Gasteiger partial charge >= 0.3 is 0 Å². The number of nitrogens with one attached hydrogen (secondary N) is 3. The van der Waals surface area contributed by atoms with Crippen LogP contribution in [0.2, 0.25) is 0 Å². The molecule has 0 heterocycles. The first-order chi connectivity index (χ1) is 12.8. The van der Waals surface area contributed by atoms with Gasteiger partial charge in [-0.15, -0.1) is 0 Å². The summed E-state index contributed by atoms with van der Waals surface area (Å²) in [6.07, 6.45) is 0. The Morgan fingerprint density at radius 1 is 0.889 bits per heavy atom. The number of para-hydroxylation sites is 1. The Hall–Kier alpha value is -3.48. The second kappa shape index (κ2) is 8.75. The van der Waals surface area contributed by atoms with Crippen LogP contribution in [0.15, 0.2) is 54.6 Å². The average Bonchev–Trinajstić information content (AvgIpc) is 2.61. The monoisotopic (exact) mass is 366 g/mol. The van der Waals surface area contributed by atoms with Crippen molar-refractivity contribution in [3.63, 3.8) is 0 Å². The second-order valence-electron chi connectivity index (χ2n) is 6.24. The molecular weight excluding hydrogens is 344 g/mol. The molecule has 0 saturated carbocycles. The number of carbonyl (C=O) groups is 3. The third-order valence-electron chi connectivity index (χ3n) is 3.78. The Balaban J connectivity index is 2.16. The summed E-state index contributed by atoms with van der Waals surface area (Å²) < 4.78 is 0. The third kappa shape index (κ3) is 5.24. The van der Waals surface area contributed by atoms with Gasteiger partial charge in [-0.2, -0.15) is 0 Å². The van der Waals surface area contributed by atoms with Crippen molar-refractivity contribution in [1.29, 1.82) is 5.41 Å². The van der Waals surface area contributed by atoms with E-state index in [-0.39, 0.29) is 11.6 Å². The smallest absolute Gasteiger partial charge is 0.253 e. The summed E-state index contributed by atoms with van der Waals surface area (Å²) in [4.78, 5) is 38.5. The molecule has 140 valence electrons. The van der Waals surface area contributed by atoms with Crippen molar-refractivity contribution in [2.24, 2.45) is 5.92 Å². The van der Waals surface area contributed by atoms with Gasteiger partial charge in [0.1, 0.15) is 0 Å². The quantitative estimate of drug-likeness (QED) is 0.541. The zero-order chi connectivity index (χ0) is 20.0. The maximum Gasteiger partial charge on any atom is 0.253 e. The van der Waals surface area contributed by atoms with Gasteiger partial charge in [-0.1, -0.05) is 24.3 Å². The summed E-state index contributed by atoms with van der Waals surface area (Å²) in [5, 5.41) is 13.1. The summed E-state index contributed by atoms with van der Waals surface area (Å²) in [6, 6.07) is 15.2. The molecule has 3 amide bonds. The SMILES string of the molecule is CC(=N)C(C(=O)Nc1ccccc1)C(=O)Nc1cccc(C(=O)N(C)C)c1. The lowest BCUT2D eigenvalue weighted by atomic mass is 10.0. The molecule has 0 radical (unpaired) electrons. The van der Waals surface area contributed by atoms with E-state index in [9.17, 15) is 14.4 Å². The molecular formula is C20H22N4O3. The Labute approximate surface area is 157 Å². The molecule has 2 rings (SSSR count). The van der Waals surface area contributed by atoms with Crippen LogP contribution >= 0.6 is 0 Å². The van der Waals surface area contributed by atoms with Crippen molar-refractivity contribution < 1.29 is 14.4 Å². The maximum atomic E-state index is 12.6. The van der Waals surface area contributed by atoms with Gasteiger partial charge in [-0.25, -0.2) is 0 Å². The first-order valence-electron chi connectivity index (χ1n) is 8.33. The van der Waals surface area contributed by atoms with Crippen LogP contribution in [-0.2, 0) is 9.59 Å². The first kappa shape index (κ1) is 19.8. The lowest BCUT2D eigenvalue weighted by Crippen LogP contribution is -2.38. The predicted octanol–water partition coefficient (Wildman–Crippen LogP) is 2.62. The maximum absolute atomic E-state index is 12.6. The van der Waals surface area contributed by atoms with Crippen LogP contribution in [0.5, 0.6) is 0 Å². The summed E-state index contributed by atoms with van der Waals surface area (Å²) in [6.45, 7) is 1.40. The zero-order valence-corrected chi connectivity index (χ0v) is 15.4. The predicted molar refractivity (Wildman–Crippen MR) is 105 cm³/mol. The van der Waals surface area contributed by atoms with E-state index in [0.29, 0.717) is 16.9 Å². The molecule has 0 aliphatic rings. The number of rotatable bonds is 6. The fourth-order valence-corrected chi connectivity index (χ4v) is 2.45. The molecule has 2 aromatic carbocycles. The van der Waals surface area contributed by atoms with E-state index in [0.717, 1.165) is 0 Å². The zero-order valence-electron chi connectivity index (χ0n) is 15.4. The summed E-state index contributed by atoms with van der Waals surface area (Å²) >= 11 is 0. The molecule has 1 unspecified atom stereocenters. The average molecular weight is 366 g/mol. The van der Waals surface area contributed by atoms with E-state index < -0.39 is 17.7 Å². The molecule has 1 atom stereocenters. The van der Waals surface area contributed by atoms with E-state index in [2.05, 4.69) is 10.6 Å². The standard InChI is InChI=1S/C20H22N4O3/c1-13(21)17(18(25)22-15-9-5-4-6-10-15)19(26)23-16-11-7-8-14(12-16)20(27)24(2)3/h4-12,17,21H,1-3H3,(H,22,25)(H,23,26). The molecule has 7 heteroatoms. The van der Waals surface area contributed by atoms with Crippen LogP contribution in [0.3, 0.4) is 0 Å². The molecule has 7 nitrogen and oxygen atoms in total. The minimum Gasteiger partial charge on any atom is -0.345 e. The van der Waals surface area contributed by atoms with Crippen LogP contribution < -0.4 is 10.6 Å². The summed E-state index contributed by atoms with van der Waals surface area (Å²) in [7, 11) is 3.27. The highest BCUT2D eigenvalue weighted by atomic mass is 16.2. The Morgan fingerprint density at radius 2 is 1.44 bits per heavy atom. The highest BCUT2D eigenvalue weighted by Gasteiger charge is 2.29. The van der Waals surface area contributed by atoms with E-state index in [4.69, 9.17) is 5.41 Å². The van der Waals surface area contributed by atoms with Crippen molar-refractivity contribution in [2.75, 3.05) is 24.7 Å². The van der Waals surface area contributed by atoms with Crippen LogP contribution in [-0.4, -0.2) is 42.4 Å². The van der Waals surface area contributed by atoms with Crippen molar-refractivity contribution in [3.05, 3.63) is 60.2 Å². The minimum absolute atomic E-state index is 0.0820. The topological polar surface area (TPSA) is 102 Å². The Bertz CT molecular complexity index is 863. The number of anilines is 2. The van der Waals surface area contributed by atoms with Gasteiger partial charge in [0.2, 0.25) is 11.8 Å². The second-order valence-corrected chi connectivity index (χ2v) is 6.24. The van der Waals surface area contributed by atoms with Crippen molar-refractivity contribution in [2.45, 2.75) is 6.92 Å². The van der Waals surface area contributed by atoms with Gasteiger partial charge in [-0.3, -0.25) is 14.4 Å². The molecule has 0 aliphatic carbocycles. The molecule has 0 saturated heterocycles. The van der Waals surface area contributed by atoms with Gasteiger partial charge in [-0.05, 0) is 37.3 Å². The molecule has 0 fully saturated rings. The number of nitrogens with zero attached hydrogens (tertiary/aromatic N) is 1. The van der Waals surface area contributed by atoms with E-state index in [1.807, 2.05) is 6.07 Å². The Morgan fingerprint density at radius 3 is 2.00 bits per heavy atom. The summed E-state index contributed by atoms with van der Waals surface area (Å²) in [5.74, 6) is -2.71. The van der Waals surface area contributed by atoms with Gasteiger partial charge in [0.15, 0.2) is 5.92 Å². The molecule has 27 heavy (non-hydrogen) atoms. The van der Waals surface area contributed by atoms with E-state index in [1.54, 1.807) is 56.6 Å². The third-order valence-corrected chi connectivity index (χ3v) is 3.78. The fraction of sp³-hybridized carbons (Fsp3) is 0.200. The number of amides is 3. The van der Waals surface area contributed by atoms with Gasteiger partial charge < -0.3 is 20.9 Å². The summed E-state index contributed by atoms with van der Waals surface area (Å²) in [5.41, 5.74) is 1.25. The van der Waals surface area contributed by atoms with Crippen LogP contribution in [0.25, 0.3) is 0 Å². The lowest BCUT2D eigenvalue weighted by Gasteiger charge is -2.16. The highest BCUT2D eigenvalue weighted by molar-refractivity contribution is 6.24. The van der Waals surface area contributed by atoms with E-state index >= 15 is 0 Å². The molecule has 3 N–H and O–H groups in total. The largest absolute Gasteiger partial charge is 0.345 e. The Kier molecular flexibility index (Phi) is 6.43. The van der Waals surface area contributed by atoms with Gasteiger partial charge in [0.05, 0.1) is 0 Å². The minimum atomic E-state index is -1.28. The molecule has 0 spiro atoms. The lowest BCUT2D eigenvalue weighted by molar-refractivity contribution is -0.126. The van der Waals surface area contributed by atoms with E-state index in [1.165, 1.54) is 17.9 Å². The molecule has 0 bridgehead atoms. The van der Waals surface area contributed by atoms with Gasteiger partial charge in [0.25, 0.3) is 5.91 Å². The highest BCUT2D eigenvalue weighted by Crippen LogP contribution is 2.15. The normalized spacial score (nSPS) is 11.2. The van der Waals surface area contributed by atoms with Crippen molar-refractivity contribution in [3.8, 4) is 0 Å². The van der Waals surface area contributed by atoms with Crippen LogP contribution in [0.4, 0.5) is 11.4 Å². The number of benzene rings is 2. The number of hydrogen-bond acceptors (Lipinski definition) is 4. The first-order valence-corrected chi connectivity index (χ1v) is 8.33. The number of carbonyl (C=O) groups excluding carboxylic acids is 3. The molecule has 0 aliphatic heterocycles. The van der Waals surface area contributed by atoms with Crippen LogP contribution in [0.1, 0.15) is 17.3 Å². The van der Waals surface area contributed by atoms with Crippen molar-refractivity contribution >= 4 is 34.8 Å². The number of hydrogen-bond donors (Lipinski definition) is 3. The van der Waals surface area contributed by atoms with Crippen molar-refractivity contribution in [1.82, 2.24) is 4.90 Å². The molecule has 2 aromatic rings. The van der Waals surface area contributed by atoms with Gasteiger partial charge in [0, 0.05) is 36.7 Å². The van der Waals surface area contributed by atoms with Crippen LogP contribution in [0, 0.1) is 11.3 Å².